The molecule has 0 N–H and O–H groups in total. The van der Waals surface area contributed by atoms with Crippen molar-refractivity contribution >= 4 is 34.7 Å². The maximum atomic E-state index is 14.1. The van der Waals surface area contributed by atoms with E-state index in [9.17, 15) is 9.18 Å². The first-order valence-corrected chi connectivity index (χ1v) is 15.7. The molecule has 2 aliphatic rings. The van der Waals surface area contributed by atoms with E-state index < -0.39 is 0 Å². The number of fused-ring (bicyclic) bond motifs is 3. The Hall–Kier alpha value is -4.46. The summed E-state index contributed by atoms with van der Waals surface area (Å²) in [5.74, 6) is 0.900. The molecule has 0 unspecified atom stereocenters. The minimum absolute atomic E-state index is 0.130. The van der Waals surface area contributed by atoms with Crippen molar-refractivity contribution in [2.75, 3.05) is 6.61 Å². The highest BCUT2D eigenvalue weighted by atomic mass is 35.5. The predicted octanol–water partition coefficient (Wildman–Crippen LogP) is 7.09. The number of allylic oxidation sites excluding steroid dienone is 1. The SMILES string of the molecule is CCOc1cc(/C=c2/sc3n(c2=O)[C@@H](c2ccc(F)cc2)C2=C(N=3)c3ccccc3CC2)ccc1OCc1ccc(Cl)cc1. The molecule has 5 nitrogen and oxygen atoms in total. The smallest absolute Gasteiger partial charge is 0.271 e. The molecule has 1 atom stereocenters. The van der Waals surface area contributed by atoms with E-state index in [1.54, 1.807) is 16.7 Å². The van der Waals surface area contributed by atoms with Gasteiger partial charge in [0.25, 0.3) is 5.56 Å². The Labute approximate surface area is 262 Å². The average molecular weight is 623 g/mol. The number of rotatable bonds is 7. The fourth-order valence-corrected chi connectivity index (χ4v) is 6.99. The highest BCUT2D eigenvalue weighted by Gasteiger charge is 2.32. The van der Waals surface area contributed by atoms with Crippen LogP contribution in [-0.4, -0.2) is 11.2 Å². The minimum Gasteiger partial charge on any atom is -0.490 e. The monoisotopic (exact) mass is 622 g/mol. The van der Waals surface area contributed by atoms with Crippen LogP contribution in [0, 0.1) is 5.82 Å². The fraction of sp³-hybridized carbons (Fsp3) is 0.167. The zero-order valence-electron chi connectivity index (χ0n) is 23.9. The molecule has 7 rings (SSSR count). The van der Waals surface area contributed by atoms with Crippen LogP contribution in [0.5, 0.6) is 11.5 Å². The maximum Gasteiger partial charge on any atom is 0.271 e. The molecule has 8 heteroatoms. The van der Waals surface area contributed by atoms with E-state index in [-0.39, 0.29) is 17.4 Å². The number of hydrogen-bond acceptors (Lipinski definition) is 5. The summed E-state index contributed by atoms with van der Waals surface area (Å²) in [6, 6.07) is 27.5. The molecule has 0 saturated heterocycles. The number of nitrogens with zero attached hydrogens (tertiary/aromatic N) is 2. The Kier molecular flexibility index (Phi) is 7.66. The van der Waals surface area contributed by atoms with E-state index in [1.165, 1.54) is 29.0 Å². The Bertz CT molecular complexity index is 2080. The van der Waals surface area contributed by atoms with Crippen molar-refractivity contribution in [3.63, 3.8) is 0 Å². The zero-order valence-corrected chi connectivity index (χ0v) is 25.5. The summed E-state index contributed by atoms with van der Waals surface area (Å²) in [4.78, 5) is 19.8. The van der Waals surface area contributed by atoms with Gasteiger partial charge in [0, 0.05) is 10.6 Å². The van der Waals surface area contributed by atoms with Crippen molar-refractivity contribution in [2.45, 2.75) is 32.4 Å². The summed E-state index contributed by atoms with van der Waals surface area (Å²) in [7, 11) is 0. The van der Waals surface area contributed by atoms with Crippen LogP contribution in [0.15, 0.2) is 106 Å². The third kappa shape index (κ3) is 5.38. The van der Waals surface area contributed by atoms with Gasteiger partial charge in [-0.3, -0.25) is 9.36 Å². The van der Waals surface area contributed by atoms with E-state index in [2.05, 4.69) is 12.1 Å². The summed E-state index contributed by atoms with van der Waals surface area (Å²) in [6.07, 6.45) is 3.50. The molecule has 1 aliphatic heterocycles. The van der Waals surface area contributed by atoms with E-state index in [1.807, 2.05) is 67.6 Å². The molecule has 4 aromatic carbocycles. The second-order valence-corrected chi connectivity index (χ2v) is 12.2. The molecule has 2 heterocycles. The standard InChI is InChI=1S/C36H28ClFN2O3S/c1-2-42-31-19-23(9-18-30(31)43-21-22-7-13-26(37)14-8-22)20-32-35(41)40-34(25-10-15-27(38)16-11-25)29-17-12-24-5-3-4-6-28(24)33(29)39-36(40)44-32/h3-11,13-16,18-20,34H,2,12,17,21H2,1H3/b32-20+/t34-/m0/s1. The number of ether oxygens (including phenoxy) is 2. The van der Waals surface area contributed by atoms with Crippen LogP contribution >= 0.6 is 22.9 Å². The van der Waals surface area contributed by atoms with Gasteiger partial charge in [-0.05, 0) is 90.1 Å². The van der Waals surface area contributed by atoms with E-state index in [4.69, 9.17) is 26.1 Å². The van der Waals surface area contributed by atoms with Crippen LogP contribution in [-0.2, 0) is 13.0 Å². The first-order chi connectivity index (χ1) is 21.5. The highest BCUT2D eigenvalue weighted by molar-refractivity contribution is 7.07. The minimum atomic E-state index is -0.361. The van der Waals surface area contributed by atoms with Gasteiger partial charge in [0.1, 0.15) is 12.4 Å². The Morgan fingerprint density at radius 3 is 2.57 bits per heavy atom. The zero-order chi connectivity index (χ0) is 30.2. The van der Waals surface area contributed by atoms with Crippen molar-refractivity contribution in [1.82, 2.24) is 4.57 Å². The molecule has 5 aromatic rings. The molecule has 0 saturated carbocycles. The van der Waals surface area contributed by atoms with Crippen LogP contribution in [0.2, 0.25) is 5.02 Å². The average Bonchev–Trinajstić information content (AvgIpc) is 3.35. The number of benzene rings is 4. The molecule has 0 fully saturated rings. The Morgan fingerprint density at radius 1 is 0.977 bits per heavy atom. The highest BCUT2D eigenvalue weighted by Crippen LogP contribution is 2.41. The van der Waals surface area contributed by atoms with Gasteiger partial charge in [-0.15, -0.1) is 0 Å². The lowest BCUT2D eigenvalue weighted by Gasteiger charge is -2.30. The van der Waals surface area contributed by atoms with Gasteiger partial charge in [-0.25, -0.2) is 9.38 Å². The number of aryl methyl sites for hydroxylation is 1. The molecule has 0 bridgehead atoms. The van der Waals surface area contributed by atoms with Gasteiger partial charge >= 0.3 is 0 Å². The summed E-state index contributed by atoms with van der Waals surface area (Å²) in [5, 5.41) is 0.673. The van der Waals surface area contributed by atoms with Crippen molar-refractivity contribution in [2.24, 2.45) is 4.99 Å². The lowest BCUT2D eigenvalue weighted by Crippen LogP contribution is -2.38. The van der Waals surface area contributed by atoms with Gasteiger partial charge in [0.05, 0.1) is 22.9 Å². The molecule has 1 aliphatic carbocycles. The lowest BCUT2D eigenvalue weighted by molar-refractivity contribution is 0.269. The van der Waals surface area contributed by atoms with E-state index in [0.29, 0.717) is 39.1 Å². The fourth-order valence-electron chi connectivity index (χ4n) is 5.86. The van der Waals surface area contributed by atoms with Crippen molar-refractivity contribution in [3.8, 4) is 11.5 Å². The second kappa shape index (κ2) is 11.9. The van der Waals surface area contributed by atoms with Crippen LogP contribution < -0.4 is 24.4 Å². The second-order valence-electron chi connectivity index (χ2n) is 10.7. The van der Waals surface area contributed by atoms with Crippen LogP contribution in [0.1, 0.15) is 47.2 Å². The predicted molar refractivity (Wildman–Crippen MR) is 173 cm³/mol. The van der Waals surface area contributed by atoms with Crippen LogP contribution in [0.25, 0.3) is 11.8 Å². The number of hydrogen-bond donors (Lipinski definition) is 0. The van der Waals surface area contributed by atoms with Gasteiger partial charge in [-0.1, -0.05) is 77.5 Å². The summed E-state index contributed by atoms with van der Waals surface area (Å²) < 4.78 is 28.3. The molecule has 0 amide bonds. The molecule has 0 radical (unpaired) electrons. The lowest BCUT2D eigenvalue weighted by atomic mass is 9.83. The van der Waals surface area contributed by atoms with Gasteiger partial charge in [0.2, 0.25) is 0 Å². The van der Waals surface area contributed by atoms with Crippen molar-refractivity contribution in [1.29, 1.82) is 0 Å². The molecule has 44 heavy (non-hydrogen) atoms. The molecular weight excluding hydrogens is 595 g/mol. The van der Waals surface area contributed by atoms with Gasteiger partial charge in [-0.2, -0.15) is 0 Å². The first-order valence-electron chi connectivity index (χ1n) is 14.5. The third-order valence-corrected chi connectivity index (χ3v) is 9.17. The number of thiazole rings is 1. The Morgan fingerprint density at radius 2 is 1.77 bits per heavy atom. The molecule has 0 spiro atoms. The van der Waals surface area contributed by atoms with Crippen molar-refractivity contribution < 1.29 is 13.9 Å². The normalized spacial score (nSPS) is 15.7. The topological polar surface area (TPSA) is 52.8 Å². The first kappa shape index (κ1) is 28.3. The number of aromatic nitrogens is 1. The molecule has 220 valence electrons. The van der Waals surface area contributed by atoms with Crippen LogP contribution in [0.3, 0.4) is 0 Å². The Balaban J connectivity index is 1.30. The summed E-state index contributed by atoms with van der Waals surface area (Å²) in [5.41, 5.74) is 6.86. The maximum absolute atomic E-state index is 14.1. The largest absolute Gasteiger partial charge is 0.490 e. The van der Waals surface area contributed by atoms with Gasteiger partial charge in [0.15, 0.2) is 16.3 Å². The summed E-state index contributed by atoms with van der Waals surface area (Å²) >= 11 is 7.37. The quantitative estimate of drug-likeness (QED) is 0.195. The summed E-state index contributed by atoms with van der Waals surface area (Å²) in [6.45, 7) is 2.75. The van der Waals surface area contributed by atoms with E-state index >= 15 is 0 Å². The van der Waals surface area contributed by atoms with Crippen molar-refractivity contribution in [3.05, 3.63) is 155 Å². The molecule has 1 aromatic heterocycles. The molecular formula is C36H28ClFN2O3S. The number of halogens is 2. The van der Waals surface area contributed by atoms with Gasteiger partial charge < -0.3 is 9.47 Å². The third-order valence-electron chi connectivity index (χ3n) is 7.93. The van der Waals surface area contributed by atoms with E-state index in [0.717, 1.165) is 46.4 Å². The van der Waals surface area contributed by atoms with Crippen LogP contribution in [0.4, 0.5) is 4.39 Å².